The van der Waals surface area contributed by atoms with Crippen LogP contribution in [-0.4, -0.2) is 14.8 Å². The molecule has 0 bridgehead atoms. The van der Waals surface area contributed by atoms with E-state index in [1.54, 1.807) is 17.7 Å². The molecule has 4 rings (SSSR count). The van der Waals surface area contributed by atoms with Crippen molar-refractivity contribution < 1.29 is 0 Å². The molecule has 4 nitrogen and oxygen atoms in total. The molecule has 21 heavy (non-hydrogen) atoms. The van der Waals surface area contributed by atoms with Crippen LogP contribution in [0.1, 0.15) is 34.5 Å². The molecule has 0 fully saturated rings. The first-order valence-electron chi connectivity index (χ1n) is 7.07. The largest absolute Gasteiger partial charge is 0.348 e. The molecule has 0 amide bonds. The standard InChI is InChI=1S/C16H16N4S/c1-11-4-6-12(7-5-11)13-9-14(15-3-2-8-21-15)20-16(19-13)17-10-18-20/h2-8,10,13-14H,9H2,1H3,(H,17,18,19)/t13-,14-/m1/s1. The number of hydrogen-bond donors (Lipinski definition) is 1. The molecule has 106 valence electrons. The summed E-state index contributed by atoms with van der Waals surface area (Å²) in [5.74, 6) is 0.852. The van der Waals surface area contributed by atoms with E-state index in [4.69, 9.17) is 0 Å². The smallest absolute Gasteiger partial charge is 0.222 e. The number of hydrogen-bond acceptors (Lipinski definition) is 4. The van der Waals surface area contributed by atoms with Crippen molar-refractivity contribution in [2.45, 2.75) is 25.4 Å². The Balaban J connectivity index is 1.72. The van der Waals surface area contributed by atoms with Crippen LogP contribution >= 0.6 is 11.3 Å². The number of fused-ring (bicyclic) bond motifs is 1. The summed E-state index contributed by atoms with van der Waals surface area (Å²) in [7, 11) is 0. The maximum absolute atomic E-state index is 4.39. The molecule has 0 saturated heterocycles. The summed E-state index contributed by atoms with van der Waals surface area (Å²) in [6.45, 7) is 2.11. The first-order chi connectivity index (χ1) is 10.3. The number of anilines is 1. The summed E-state index contributed by atoms with van der Waals surface area (Å²) >= 11 is 1.78. The van der Waals surface area contributed by atoms with Crippen LogP contribution in [0.5, 0.6) is 0 Å². The summed E-state index contributed by atoms with van der Waals surface area (Å²) in [5.41, 5.74) is 2.59. The molecule has 2 aromatic heterocycles. The summed E-state index contributed by atoms with van der Waals surface area (Å²) in [4.78, 5) is 5.69. The fraction of sp³-hybridized carbons (Fsp3) is 0.250. The molecular formula is C16H16N4S. The number of rotatable bonds is 2. The molecule has 1 N–H and O–H groups in total. The van der Waals surface area contributed by atoms with Gasteiger partial charge in [0.2, 0.25) is 5.95 Å². The zero-order valence-electron chi connectivity index (χ0n) is 11.7. The fourth-order valence-electron chi connectivity index (χ4n) is 2.86. The molecule has 3 aromatic rings. The van der Waals surface area contributed by atoms with E-state index in [9.17, 15) is 0 Å². The maximum atomic E-state index is 4.39. The first-order valence-corrected chi connectivity index (χ1v) is 7.95. The van der Waals surface area contributed by atoms with Crippen LogP contribution in [0.3, 0.4) is 0 Å². The highest BCUT2D eigenvalue weighted by Gasteiger charge is 2.30. The molecule has 0 radical (unpaired) electrons. The van der Waals surface area contributed by atoms with Crippen molar-refractivity contribution in [3.05, 3.63) is 64.1 Å². The van der Waals surface area contributed by atoms with E-state index >= 15 is 0 Å². The predicted octanol–water partition coefficient (Wildman–Crippen LogP) is 3.79. The quantitative estimate of drug-likeness (QED) is 0.782. The van der Waals surface area contributed by atoms with E-state index in [1.165, 1.54) is 16.0 Å². The van der Waals surface area contributed by atoms with Crippen LogP contribution in [0, 0.1) is 6.92 Å². The van der Waals surface area contributed by atoms with Crippen molar-refractivity contribution in [2.24, 2.45) is 0 Å². The van der Waals surface area contributed by atoms with E-state index in [1.807, 2.05) is 4.68 Å². The molecule has 1 aromatic carbocycles. The van der Waals surface area contributed by atoms with Crippen molar-refractivity contribution in [1.29, 1.82) is 0 Å². The third-order valence-electron chi connectivity index (χ3n) is 3.98. The van der Waals surface area contributed by atoms with Gasteiger partial charge in [-0.2, -0.15) is 10.1 Å². The van der Waals surface area contributed by atoms with Gasteiger partial charge in [-0.15, -0.1) is 11.3 Å². The lowest BCUT2D eigenvalue weighted by Crippen LogP contribution is -2.27. The average molecular weight is 296 g/mol. The second kappa shape index (κ2) is 5.00. The van der Waals surface area contributed by atoms with Crippen molar-refractivity contribution in [1.82, 2.24) is 14.8 Å². The zero-order chi connectivity index (χ0) is 14.2. The molecule has 0 saturated carbocycles. The summed E-state index contributed by atoms with van der Waals surface area (Å²) in [6, 6.07) is 13.5. The van der Waals surface area contributed by atoms with Gasteiger partial charge in [0, 0.05) is 4.88 Å². The maximum Gasteiger partial charge on any atom is 0.222 e. The first kappa shape index (κ1) is 12.6. The predicted molar refractivity (Wildman–Crippen MR) is 84.6 cm³/mol. The van der Waals surface area contributed by atoms with Gasteiger partial charge in [0.25, 0.3) is 0 Å². The van der Waals surface area contributed by atoms with Crippen LogP contribution in [-0.2, 0) is 0 Å². The summed E-state index contributed by atoms with van der Waals surface area (Å²) in [6.07, 6.45) is 2.61. The van der Waals surface area contributed by atoms with Crippen molar-refractivity contribution >= 4 is 17.3 Å². The molecular weight excluding hydrogens is 280 g/mol. The van der Waals surface area contributed by atoms with Gasteiger partial charge in [-0.25, -0.2) is 4.68 Å². The minimum absolute atomic E-state index is 0.259. The Morgan fingerprint density at radius 3 is 2.86 bits per heavy atom. The Morgan fingerprint density at radius 2 is 2.10 bits per heavy atom. The summed E-state index contributed by atoms with van der Waals surface area (Å²) < 4.78 is 2.00. The van der Waals surface area contributed by atoms with Gasteiger partial charge < -0.3 is 5.32 Å². The third kappa shape index (κ3) is 2.23. The molecule has 0 unspecified atom stereocenters. The van der Waals surface area contributed by atoms with E-state index in [-0.39, 0.29) is 12.1 Å². The lowest BCUT2D eigenvalue weighted by Gasteiger charge is -2.31. The number of thiophene rings is 1. The van der Waals surface area contributed by atoms with Gasteiger partial charge in [0.05, 0.1) is 12.1 Å². The molecule has 2 atom stereocenters. The summed E-state index contributed by atoms with van der Waals surface area (Å²) in [5, 5.41) is 10.0. The van der Waals surface area contributed by atoms with Crippen molar-refractivity contribution in [3.8, 4) is 0 Å². The number of aryl methyl sites for hydroxylation is 1. The van der Waals surface area contributed by atoms with Crippen molar-refractivity contribution in [2.75, 3.05) is 5.32 Å². The highest BCUT2D eigenvalue weighted by atomic mass is 32.1. The van der Waals surface area contributed by atoms with E-state index < -0.39 is 0 Å². The topological polar surface area (TPSA) is 42.7 Å². The van der Waals surface area contributed by atoms with Gasteiger partial charge in [-0.1, -0.05) is 35.9 Å². The monoisotopic (exact) mass is 296 g/mol. The Hall–Kier alpha value is -2.14. The van der Waals surface area contributed by atoms with Gasteiger partial charge in [-0.05, 0) is 30.4 Å². The second-order valence-corrected chi connectivity index (χ2v) is 6.38. The van der Waals surface area contributed by atoms with Crippen LogP contribution in [0.2, 0.25) is 0 Å². The Bertz CT molecular complexity index is 730. The lowest BCUT2D eigenvalue weighted by atomic mass is 9.96. The van der Waals surface area contributed by atoms with E-state index in [0.717, 1.165) is 12.4 Å². The molecule has 1 aliphatic rings. The Kier molecular flexibility index (Phi) is 3.00. The van der Waals surface area contributed by atoms with E-state index in [2.05, 4.69) is 64.1 Å². The lowest BCUT2D eigenvalue weighted by molar-refractivity contribution is 0.436. The number of benzene rings is 1. The van der Waals surface area contributed by atoms with Gasteiger partial charge in [0.1, 0.15) is 6.33 Å². The van der Waals surface area contributed by atoms with Crippen LogP contribution in [0.15, 0.2) is 48.1 Å². The molecule has 3 heterocycles. The molecule has 0 spiro atoms. The fourth-order valence-corrected chi connectivity index (χ4v) is 3.68. The van der Waals surface area contributed by atoms with E-state index in [0.29, 0.717) is 0 Å². The molecule has 1 aliphatic heterocycles. The third-order valence-corrected chi connectivity index (χ3v) is 4.96. The normalized spacial score (nSPS) is 20.8. The highest BCUT2D eigenvalue weighted by Crippen LogP contribution is 2.38. The SMILES string of the molecule is Cc1ccc([C@H]2C[C@H](c3cccs3)n3ncnc3N2)cc1. The molecule has 0 aliphatic carbocycles. The minimum Gasteiger partial charge on any atom is -0.348 e. The Labute approximate surface area is 127 Å². The van der Waals surface area contributed by atoms with Crippen molar-refractivity contribution in [3.63, 3.8) is 0 Å². The highest BCUT2D eigenvalue weighted by molar-refractivity contribution is 7.10. The van der Waals surface area contributed by atoms with Gasteiger partial charge in [0.15, 0.2) is 0 Å². The second-order valence-electron chi connectivity index (χ2n) is 5.40. The number of nitrogens with zero attached hydrogens (tertiary/aromatic N) is 3. The zero-order valence-corrected chi connectivity index (χ0v) is 12.5. The van der Waals surface area contributed by atoms with Gasteiger partial charge >= 0.3 is 0 Å². The Morgan fingerprint density at radius 1 is 1.24 bits per heavy atom. The van der Waals surface area contributed by atoms with Crippen LogP contribution in [0.4, 0.5) is 5.95 Å². The molecule has 5 heteroatoms. The van der Waals surface area contributed by atoms with Crippen LogP contribution < -0.4 is 5.32 Å². The number of aromatic nitrogens is 3. The number of nitrogens with one attached hydrogen (secondary N) is 1. The average Bonchev–Trinajstić information content (AvgIpc) is 3.18. The van der Waals surface area contributed by atoms with Crippen LogP contribution in [0.25, 0.3) is 0 Å². The minimum atomic E-state index is 0.259. The van der Waals surface area contributed by atoms with Gasteiger partial charge in [-0.3, -0.25) is 0 Å².